The number of hydrogen-bond acceptors (Lipinski definition) is 7. The van der Waals surface area contributed by atoms with Gasteiger partial charge in [-0.15, -0.1) is 0 Å². The van der Waals surface area contributed by atoms with Gasteiger partial charge in [0.15, 0.2) is 5.84 Å². The van der Waals surface area contributed by atoms with Crippen molar-refractivity contribution >= 4 is 46.4 Å². The number of aliphatic imine (C=N–C) groups is 3. The number of halogens is 4. The maximum absolute atomic E-state index is 13.4. The molecule has 2 rings (SSSR count). The highest BCUT2D eigenvalue weighted by atomic mass is 35.5. The number of amidine groups is 1. The first-order chi connectivity index (χ1) is 21.7. The van der Waals surface area contributed by atoms with Crippen LogP contribution in [0.3, 0.4) is 0 Å². The van der Waals surface area contributed by atoms with Gasteiger partial charge in [-0.2, -0.15) is 18.4 Å². The maximum Gasteiger partial charge on any atom is 0.433 e. The summed E-state index contributed by atoms with van der Waals surface area (Å²) in [5.74, 6) is -0.346. The Bertz CT molecular complexity index is 1430. The summed E-state index contributed by atoms with van der Waals surface area (Å²) in [7, 11) is 1.09. The Morgan fingerprint density at radius 3 is 2.33 bits per heavy atom. The van der Waals surface area contributed by atoms with Crippen LogP contribution < -0.4 is 16.0 Å². The van der Waals surface area contributed by atoms with Crippen molar-refractivity contribution in [1.29, 1.82) is 5.26 Å². The standard InChI is InChI=1S/C29H37ClF3N7O2.C3H5N/c1-7-11-36-26(19(4)37-17-18(3)22(8-2)25(34-6)29(31,32)33)39-21-9-10-23(24(30)16-21)27(41)38-20(5)28(42)40-14-12-35-13-15-40;1-2-3-4/h7-11,16-17,20,35H,12-15H2,1-6H3,(H,36,39)(H,38,41);2H2,1H3/b11-7-,18-17+,22-8-,34-25?,37-19?;. The Morgan fingerprint density at radius 1 is 1.20 bits per heavy atom. The average molecular weight is 663 g/mol. The van der Waals surface area contributed by atoms with Gasteiger partial charge in [0.05, 0.1) is 22.4 Å². The normalized spacial score (nSPS) is 16.0. The minimum Gasteiger partial charge on any atom is -0.340 e. The topological polar surface area (TPSA) is 134 Å². The van der Waals surface area contributed by atoms with Crippen LogP contribution in [0.15, 0.2) is 68.9 Å². The van der Waals surface area contributed by atoms with Crippen molar-refractivity contribution < 1.29 is 22.8 Å². The second-order valence-corrected chi connectivity index (χ2v) is 10.3. The van der Waals surface area contributed by atoms with Gasteiger partial charge in [0, 0.05) is 63.3 Å². The zero-order valence-corrected chi connectivity index (χ0v) is 28.0. The van der Waals surface area contributed by atoms with Gasteiger partial charge in [0.1, 0.15) is 11.8 Å². The summed E-state index contributed by atoms with van der Waals surface area (Å²) in [4.78, 5) is 39.3. The molecule has 0 aromatic heterocycles. The van der Waals surface area contributed by atoms with E-state index in [0.717, 1.165) is 7.05 Å². The molecule has 0 radical (unpaired) electrons. The number of amides is 2. The molecule has 0 saturated carbocycles. The van der Waals surface area contributed by atoms with Gasteiger partial charge in [-0.05, 0) is 58.4 Å². The van der Waals surface area contributed by atoms with Crippen LogP contribution in [-0.4, -0.2) is 79.4 Å². The third kappa shape index (κ3) is 12.6. The lowest BCUT2D eigenvalue weighted by Gasteiger charge is -2.30. The largest absolute Gasteiger partial charge is 0.433 e. The molecular weight excluding hydrogens is 621 g/mol. The quantitative estimate of drug-likeness (QED) is 0.167. The molecule has 1 fully saturated rings. The Morgan fingerprint density at radius 2 is 1.83 bits per heavy atom. The number of alkyl halides is 3. The highest BCUT2D eigenvalue weighted by Crippen LogP contribution is 2.26. The number of piperazine rings is 1. The Kier molecular flexibility index (Phi) is 17.3. The van der Waals surface area contributed by atoms with Gasteiger partial charge < -0.3 is 20.9 Å². The van der Waals surface area contributed by atoms with Crippen molar-refractivity contribution in [3.8, 4) is 6.07 Å². The van der Waals surface area contributed by atoms with E-state index in [1.807, 2.05) is 13.0 Å². The van der Waals surface area contributed by atoms with Crippen molar-refractivity contribution in [3.05, 3.63) is 64.5 Å². The van der Waals surface area contributed by atoms with Gasteiger partial charge in [-0.1, -0.05) is 30.7 Å². The molecule has 1 aromatic carbocycles. The number of carbonyl (C=O) groups is 2. The van der Waals surface area contributed by atoms with Crippen LogP contribution in [0, 0.1) is 11.3 Å². The van der Waals surface area contributed by atoms with E-state index < -0.39 is 23.8 Å². The number of nitriles is 1. The van der Waals surface area contributed by atoms with E-state index in [1.54, 1.807) is 37.8 Å². The van der Waals surface area contributed by atoms with E-state index in [2.05, 4.69) is 30.9 Å². The lowest BCUT2D eigenvalue weighted by Crippen LogP contribution is -2.53. The molecule has 0 bridgehead atoms. The molecule has 0 aliphatic carbocycles. The highest BCUT2D eigenvalue weighted by molar-refractivity contribution is 6.45. The molecule has 0 spiro atoms. The molecule has 1 unspecified atom stereocenters. The fourth-order valence-electron chi connectivity index (χ4n) is 4.05. The second-order valence-electron chi connectivity index (χ2n) is 9.86. The minimum atomic E-state index is -4.61. The number of allylic oxidation sites excluding steroid dienone is 4. The molecular formula is C32H42ClF3N8O2. The number of carbonyl (C=O) groups excluding carboxylic acids is 2. The van der Waals surface area contributed by atoms with Crippen molar-refractivity contribution in [2.24, 2.45) is 15.0 Å². The van der Waals surface area contributed by atoms with Gasteiger partial charge in [-0.3, -0.25) is 19.6 Å². The minimum absolute atomic E-state index is 0.0777. The first-order valence-corrected chi connectivity index (χ1v) is 15.0. The third-order valence-electron chi connectivity index (χ3n) is 6.39. The lowest BCUT2D eigenvalue weighted by atomic mass is 10.0. The van der Waals surface area contributed by atoms with Crippen LogP contribution in [0.4, 0.5) is 18.9 Å². The molecule has 3 N–H and O–H groups in total. The molecule has 10 nitrogen and oxygen atoms in total. The second kappa shape index (κ2) is 20.0. The van der Waals surface area contributed by atoms with E-state index in [-0.39, 0.29) is 27.6 Å². The number of benzene rings is 1. The third-order valence-corrected chi connectivity index (χ3v) is 6.70. The van der Waals surface area contributed by atoms with Crippen LogP contribution in [0.1, 0.15) is 58.3 Å². The molecule has 1 atom stereocenters. The van der Waals surface area contributed by atoms with E-state index in [0.29, 0.717) is 49.8 Å². The zero-order chi connectivity index (χ0) is 34.9. The summed E-state index contributed by atoms with van der Waals surface area (Å²) >= 11 is 6.43. The predicted molar refractivity (Wildman–Crippen MR) is 180 cm³/mol. The fraction of sp³-hybridized carbons (Fsp3) is 0.438. The lowest BCUT2D eigenvalue weighted by molar-refractivity contribution is -0.133. The average Bonchev–Trinajstić information content (AvgIpc) is 3.03. The van der Waals surface area contributed by atoms with E-state index in [4.69, 9.17) is 16.9 Å². The summed E-state index contributed by atoms with van der Waals surface area (Å²) < 4.78 is 40.2. The van der Waals surface area contributed by atoms with E-state index >= 15 is 0 Å². The molecule has 2 amide bonds. The van der Waals surface area contributed by atoms with Crippen molar-refractivity contribution in [3.63, 3.8) is 0 Å². The number of nitrogens with zero attached hydrogens (tertiary/aromatic N) is 5. The Labute approximate surface area is 273 Å². The van der Waals surface area contributed by atoms with Gasteiger partial charge in [0.2, 0.25) is 5.91 Å². The number of anilines is 1. The Hall–Kier alpha value is -4.28. The van der Waals surface area contributed by atoms with Gasteiger partial charge in [0.25, 0.3) is 5.91 Å². The highest BCUT2D eigenvalue weighted by Gasteiger charge is 2.37. The summed E-state index contributed by atoms with van der Waals surface area (Å²) in [6, 6.07) is 5.88. The summed E-state index contributed by atoms with van der Waals surface area (Å²) in [6.45, 7) is 12.4. The summed E-state index contributed by atoms with van der Waals surface area (Å²) in [6.07, 6.45) is 1.90. The summed E-state index contributed by atoms with van der Waals surface area (Å²) in [5.41, 5.74) is 0.257. The zero-order valence-electron chi connectivity index (χ0n) is 27.2. The maximum atomic E-state index is 13.4. The molecule has 1 saturated heterocycles. The molecule has 250 valence electrons. The monoisotopic (exact) mass is 662 g/mol. The molecule has 1 aromatic rings. The van der Waals surface area contributed by atoms with Crippen LogP contribution in [0.25, 0.3) is 0 Å². The summed E-state index contributed by atoms with van der Waals surface area (Å²) in [5, 5.41) is 16.7. The Balaban J connectivity index is 0.00000249. The predicted octanol–water partition coefficient (Wildman–Crippen LogP) is 6.10. The van der Waals surface area contributed by atoms with Crippen molar-refractivity contribution in [1.82, 2.24) is 15.5 Å². The van der Waals surface area contributed by atoms with E-state index in [9.17, 15) is 22.8 Å². The van der Waals surface area contributed by atoms with Gasteiger partial charge >= 0.3 is 6.18 Å². The van der Waals surface area contributed by atoms with Crippen LogP contribution >= 0.6 is 11.6 Å². The molecule has 1 aliphatic heterocycles. The number of nitrogens with one attached hydrogen (secondary N) is 3. The molecule has 14 heteroatoms. The van der Waals surface area contributed by atoms with Crippen LogP contribution in [0.5, 0.6) is 0 Å². The van der Waals surface area contributed by atoms with E-state index in [1.165, 1.54) is 44.5 Å². The van der Waals surface area contributed by atoms with Crippen LogP contribution in [-0.2, 0) is 4.79 Å². The fourth-order valence-corrected chi connectivity index (χ4v) is 4.32. The van der Waals surface area contributed by atoms with Gasteiger partial charge in [-0.25, -0.2) is 4.99 Å². The number of rotatable bonds is 9. The first kappa shape index (κ1) is 39.7. The molecule has 46 heavy (non-hydrogen) atoms. The number of hydrogen-bond donors (Lipinski definition) is 3. The smallest absolute Gasteiger partial charge is 0.340 e. The molecule has 1 aliphatic rings. The van der Waals surface area contributed by atoms with Crippen molar-refractivity contribution in [2.75, 3.05) is 38.5 Å². The first-order valence-electron chi connectivity index (χ1n) is 14.6. The molecule has 1 heterocycles. The SMILES string of the molecule is C/C=C\N=C(Nc1ccc(C(=O)NC(C)C(=O)N2CCNCC2)c(Cl)c1)C(C)=N/C=C(C)/C(=C/C)C(=NC)C(F)(F)F.CCC#N. The van der Waals surface area contributed by atoms with Crippen LogP contribution in [0.2, 0.25) is 5.02 Å². The van der Waals surface area contributed by atoms with Crippen molar-refractivity contribution in [2.45, 2.75) is 60.2 Å².